The van der Waals surface area contributed by atoms with Crippen LogP contribution in [0.3, 0.4) is 0 Å². The monoisotopic (exact) mass is 311 g/mol. The molecule has 2 aromatic rings. The number of aliphatic hydroxyl groups excluding tert-OH is 4. The maximum atomic E-state index is 10.1. The molecule has 1 aliphatic heterocycles. The Bertz CT molecular complexity index is 650. The van der Waals surface area contributed by atoms with Crippen LogP contribution in [0.15, 0.2) is 12.7 Å². The van der Waals surface area contributed by atoms with Gasteiger partial charge >= 0.3 is 0 Å². The van der Waals surface area contributed by atoms with Gasteiger partial charge in [-0.25, -0.2) is 15.0 Å². The molecular weight excluding hydrogens is 294 g/mol. The van der Waals surface area contributed by atoms with Crippen molar-refractivity contribution in [2.45, 2.75) is 24.5 Å². The van der Waals surface area contributed by atoms with E-state index < -0.39 is 31.1 Å². The number of ether oxygens (including phenoxy) is 1. The van der Waals surface area contributed by atoms with Crippen molar-refractivity contribution in [3.63, 3.8) is 0 Å². The van der Waals surface area contributed by atoms with E-state index >= 15 is 0 Å². The lowest BCUT2D eigenvalue weighted by Gasteiger charge is -2.16. The van der Waals surface area contributed by atoms with E-state index in [1.165, 1.54) is 17.2 Å². The summed E-state index contributed by atoms with van der Waals surface area (Å²) in [5.74, 6) is 0.449. The summed E-state index contributed by atoms with van der Waals surface area (Å²) in [5.41, 5.74) is 0.860. The first kappa shape index (κ1) is 15.1. The van der Waals surface area contributed by atoms with Crippen LogP contribution >= 0.6 is 0 Å². The number of imidazole rings is 1. The van der Waals surface area contributed by atoms with E-state index in [2.05, 4.69) is 20.3 Å². The zero-order valence-electron chi connectivity index (χ0n) is 11.6. The highest BCUT2D eigenvalue weighted by Gasteiger charge is 2.43. The highest BCUT2D eigenvalue weighted by molar-refractivity contribution is 5.82. The Morgan fingerprint density at radius 1 is 1.18 bits per heavy atom. The Kier molecular flexibility index (Phi) is 4.18. The predicted molar refractivity (Wildman–Crippen MR) is 73.9 cm³/mol. The molecule has 120 valence electrons. The summed E-state index contributed by atoms with van der Waals surface area (Å²) in [5, 5.41) is 40.8. The normalized spacial score (nSPS) is 28.4. The Morgan fingerprint density at radius 2 is 2.00 bits per heavy atom. The quantitative estimate of drug-likeness (QED) is 0.417. The van der Waals surface area contributed by atoms with E-state index in [0.29, 0.717) is 23.5 Å². The van der Waals surface area contributed by atoms with Gasteiger partial charge in [0.05, 0.1) is 19.5 Å². The SMILES string of the molecule is OCCNc1ncnc2c1ncn2[C@@H]1O[C@@H](CO)[C@@H](O)[C@H]1O. The lowest BCUT2D eigenvalue weighted by molar-refractivity contribution is -0.0511. The van der Waals surface area contributed by atoms with E-state index in [4.69, 9.17) is 14.9 Å². The van der Waals surface area contributed by atoms with Crippen molar-refractivity contribution in [1.29, 1.82) is 0 Å². The molecule has 0 bridgehead atoms. The summed E-state index contributed by atoms with van der Waals surface area (Å²) in [6.45, 7) is -0.145. The molecule has 2 aromatic heterocycles. The Balaban J connectivity index is 1.95. The average Bonchev–Trinajstić information content (AvgIpc) is 3.08. The van der Waals surface area contributed by atoms with Crippen LogP contribution in [0.4, 0.5) is 5.82 Å². The molecular formula is C12H17N5O5. The van der Waals surface area contributed by atoms with E-state index in [1.807, 2.05) is 0 Å². The van der Waals surface area contributed by atoms with Gasteiger partial charge in [-0.1, -0.05) is 0 Å². The van der Waals surface area contributed by atoms with Crippen LogP contribution in [0, 0.1) is 0 Å². The Hall–Kier alpha value is -1.85. The molecule has 1 fully saturated rings. The second-order valence-electron chi connectivity index (χ2n) is 4.93. The smallest absolute Gasteiger partial charge is 0.167 e. The van der Waals surface area contributed by atoms with Crippen LogP contribution < -0.4 is 5.32 Å². The summed E-state index contributed by atoms with van der Waals surface area (Å²) < 4.78 is 6.94. The zero-order chi connectivity index (χ0) is 15.7. The number of aliphatic hydroxyl groups is 4. The lowest BCUT2D eigenvalue weighted by Crippen LogP contribution is -2.33. The van der Waals surface area contributed by atoms with Gasteiger partial charge in [0.1, 0.15) is 24.6 Å². The number of hydrogen-bond acceptors (Lipinski definition) is 9. The van der Waals surface area contributed by atoms with Gasteiger partial charge in [0.15, 0.2) is 23.2 Å². The van der Waals surface area contributed by atoms with Gasteiger partial charge in [-0.3, -0.25) is 4.57 Å². The molecule has 0 unspecified atom stereocenters. The van der Waals surface area contributed by atoms with Crippen molar-refractivity contribution in [3.05, 3.63) is 12.7 Å². The fraction of sp³-hybridized carbons (Fsp3) is 0.583. The maximum Gasteiger partial charge on any atom is 0.167 e. The van der Waals surface area contributed by atoms with E-state index in [9.17, 15) is 10.2 Å². The summed E-state index contributed by atoms with van der Waals surface area (Å²) in [6.07, 6.45) is -1.44. The van der Waals surface area contributed by atoms with Crippen LogP contribution in [0.2, 0.25) is 0 Å². The number of nitrogens with one attached hydrogen (secondary N) is 1. The van der Waals surface area contributed by atoms with Crippen LogP contribution in [0.1, 0.15) is 6.23 Å². The fourth-order valence-electron chi connectivity index (χ4n) is 2.45. The summed E-state index contributed by atoms with van der Waals surface area (Å²) in [4.78, 5) is 12.3. The van der Waals surface area contributed by atoms with Crippen molar-refractivity contribution in [1.82, 2.24) is 19.5 Å². The van der Waals surface area contributed by atoms with Crippen LogP contribution in [0.5, 0.6) is 0 Å². The molecule has 5 N–H and O–H groups in total. The third kappa shape index (κ3) is 2.40. The van der Waals surface area contributed by atoms with E-state index in [0.717, 1.165) is 0 Å². The molecule has 0 radical (unpaired) electrons. The number of rotatable bonds is 5. The van der Waals surface area contributed by atoms with Crippen molar-refractivity contribution >= 4 is 17.0 Å². The third-order valence-electron chi connectivity index (χ3n) is 3.55. The summed E-state index contributed by atoms with van der Waals surface area (Å²) in [7, 11) is 0. The lowest BCUT2D eigenvalue weighted by atomic mass is 10.1. The zero-order valence-corrected chi connectivity index (χ0v) is 11.6. The van der Waals surface area contributed by atoms with Crippen molar-refractivity contribution in [3.8, 4) is 0 Å². The first-order valence-corrected chi connectivity index (χ1v) is 6.82. The molecule has 0 aliphatic carbocycles. The van der Waals surface area contributed by atoms with E-state index in [-0.39, 0.29) is 6.61 Å². The van der Waals surface area contributed by atoms with Gasteiger partial charge in [-0.15, -0.1) is 0 Å². The third-order valence-corrected chi connectivity index (χ3v) is 3.55. The van der Waals surface area contributed by atoms with Crippen molar-refractivity contribution in [2.75, 3.05) is 25.1 Å². The highest BCUT2D eigenvalue weighted by Crippen LogP contribution is 2.31. The van der Waals surface area contributed by atoms with Crippen LogP contribution in [-0.2, 0) is 4.74 Å². The standard InChI is InChI=1S/C12H17N5O5/c18-2-1-13-10-7-11(15-4-14-10)17(5-16-7)12-9(21)8(20)6(3-19)22-12/h4-6,8-9,12,18-21H,1-3H2,(H,13,14,15)/t6-,8+,9+,12+/m0/s1. The van der Waals surface area contributed by atoms with Crippen molar-refractivity contribution in [2.24, 2.45) is 0 Å². The van der Waals surface area contributed by atoms with Gasteiger partial charge in [0, 0.05) is 6.54 Å². The Labute approximate surface area is 125 Å². The molecule has 1 aliphatic rings. The van der Waals surface area contributed by atoms with E-state index in [1.54, 1.807) is 0 Å². The second-order valence-corrected chi connectivity index (χ2v) is 4.93. The topological polar surface area (TPSA) is 146 Å². The highest BCUT2D eigenvalue weighted by atomic mass is 16.6. The molecule has 3 heterocycles. The predicted octanol–water partition coefficient (Wildman–Crippen LogP) is -2.16. The molecule has 0 aromatic carbocycles. The summed E-state index contributed by atoms with van der Waals surface area (Å²) in [6, 6.07) is 0. The molecule has 0 saturated carbocycles. The minimum Gasteiger partial charge on any atom is -0.395 e. The molecule has 0 amide bonds. The number of aromatic nitrogens is 4. The first-order chi connectivity index (χ1) is 10.7. The molecule has 10 nitrogen and oxygen atoms in total. The number of fused-ring (bicyclic) bond motifs is 1. The molecule has 1 saturated heterocycles. The molecule has 4 atom stereocenters. The fourth-order valence-corrected chi connectivity index (χ4v) is 2.45. The molecule has 3 rings (SSSR count). The van der Waals surface area contributed by atoms with Gasteiger partial charge in [0.25, 0.3) is 0 Å². The second kappa shape index (κ2) is 6.10. The number of hydrogen-bond donors (Lipinski definition) is 5. The first-order valence-electron chi connectivity index (χ1n) is 6.82. The largest absolute Gasteiger partial charge is 0.395 e. The van der Waals surface area contributed by atoms with Gasteiger partial charge in [0.2, 0.25) is 0 Å². The summed E-state index contributed by atoms with van der Waals surface area (Å²) >= 11 is 0. The molecule has 0 spiro atoms. The Morgan fingerprint density at radius 3 is 2.68 bits per heavy atom. The molecule has 22 heavy (non-hydrogen) atoms. The average molecular weight is 311 g/mol. The van der Waals surface area contributed by atoms with Crippen molar-refractivity contribution < 1.29 is 25.2 Å². The van der Waals surface area contributed by atoms with Crippen LogP contribution in [-0.4, -0.2) is 78.0 Å². The van der Waals surface area contributed by atoms with Gasteiger partial charge < -0.3 is 30.5 Å². The number of nitrogens with zero attached hydrogens (tertiary/aromatic N) is 4. The van der Waals surface area contributed by atoms with Gasteiger partial charge in [-0.05, 0) is 0 Å². The minimum absolute atomic E-state index is 0.0545. The number of anilines is 1. The maximum absolute atomic E-state index is 10.1. The molecule has 10 heteroatoms. The van der Waals surface area contributed by atoms with Crippen LogP contribution in [0.25, 0.3) is 11.2 Å². The van der Waals surface area contributed by atoms with Gasteiger partial charge in [-0.2, -0.15) is 0 Å². The minimum atomic E-state index is -1.21.